The first kappa shape index (κ1) is 12.9. The Kier molecular flexibility index (Phi) is 2.63. The molecule has 0 amide bonds. The van der Waals surface area contributed by atoms with Crippen molar-refractivity contribution in [2.24, 2.45) is 0 Å². The summed E-state index contributed by atoms with van der Waals surface area (Å²) in [5.41, 5.74) is 11.4. The number of aryl methyl sites for hydroxylation is 1. The molecule has 2 aliphatic rings. The number of allylic oxidation sites excluding steroid dienone is 1. The predicted molar refractivity (Wildman–Crippen MR) is 96.6 cm³/mol. The molecule has 1 unspecified atom stereocenters. The van der Waals surface area contributed by atoms with Crippen molar-refractivity contribution in [3.63, 3.8) is 0 Å². The minimum absolute atomic E-state index is 0.533. The Hall–Kier alpha value is -2.60. The number of rotatable bonds is 1. The molecule has 0 heterocycles. The zero-order chi connectivity index (χ0) is 15.4. The summed E-state index contributed by atoms with van der Waals surface area (Å²) in [7, 11) is 0. The van der Waals surface area contributed by atoms with Gasteiger partial charge in [0.05, 0.1) is 0 Å². The molecule has 0 radical (unpaired) electrons. The Morgan fingerprint density at radius 1 is 0.783 bits per heavy atom. The van der Waals surface area contributed by atoms with Gasteiger partial charge in [0.1, 0.15) is 0 Å². The topological polar surface area (TPSA) is 0 Å². The van der Waals surface area contributed by atoms with E-state index in [0.717, 1.165) is 6.42 Å². The van der Waals surface area contributed by atoms with E-state index in [0.29, 0.717) is 5.92 Å². The first-order valence-corrected chi connectivity index (χ1v) is 8.33. The maximum atomic E-state index is 2.44. The average Bonchev–Trinajstić information content (AvgIpc) is 2.92. The van der Waals surface area contributed by atoms with Gasteiger partial charge in [-0.25, -0.2) is 0 Å². The maximum Gasteiger partial charge on any atom is 0.0143 e. The van der Waals surface area contributed by atoms with Crippen molar-refractivity contribution in [1.82, 2.24) is 0 Å². The molecule has 0 bridgehead atoms. The number of fused-ring (bicyclic) bond motifs is 3. The molecule has 0 nitrogen and oxygen atoms in total. The second-order valence-electron chi connectivity index (χ2n) is 6.63. The molecule has 0 heteroatoms. The molecule has 3 aromatic rings. The zero-order valence-electron chi connectivity index (χ0n) is 13.2. The second kappa shape index (κ2) is 4.70. The molecule has 3 aromatic carbocycles. The summed E-state index contributed by atoms with van der Waals surface area (Å²) in [4.78, 5) is 0. The lowest BCUT2D eigenvalue weighted by atomic mass is 9.80. The van der Waals surface area contributed by atoms with Crippen LogP contribution in [0, 0.1) is 6.92 Å². The summed E-state index contributed by atoms with van der Waals surface area (Å²) in [6, 6.07) is 24.6. The van der Waals surface area contributed by atoms with Crippen LogP contribution in [-0.4, -0.2) is 0 Å². The third kappa shape index (κ3) is 1.78. The Labute approximate surface area is 137 Å². The predicted octanol–water partition coefficient (Wildman–Crippen LogP) is 5.94. The summed E-state index contributed by atoms with van der Waals surface area (Å²) >= 11 is 0. The van der Waals surface area contributed by atoms with Crippen molar-refractivity contribution in [1.29, 1.82) is 0 Å². The van der Waals surface area contributed by atoms with Gasteiger partial charge >= 0.3 is 0 Å². The molecular weight excluding hydrogens is 276 g/mol. The van der Waals surface area contributed by atoms with E-state index in [1.165, 1.54) is 44.5 Å². The highest BCUT2D eigenvalue weighted by molar-refractivity contribution is 5.91. The fourth-order valence-electron chi connectivity index (χ4n) is 4.29. The van der Waals surface area contributed by atoms with Crippen LogP contribution < -0.4 is 0 Å². The van der Waals surface area contributed by atoms with Gasteiger partial charge in [-0.1, -0.05) is 78.4 Å². The first-order valence-electron chi connectivity index (χ1n) is 8.33. The SMILES string of the molecule is Cc1cccc(C2=CCC3c4ccccc4-c4cccc2c43)c1. The van der Waals surface area contributed by atoms with E-state index >= 15 is 0 Å². The summed E-state index contributed by atoms with van der Waals surface area (Å²) < 4.78 is 0. The van der Waals surface area contributed by atoms with Crippen molar-refractivity contribution in [3.8, 4) is 11.1 Å². The van der Waals surface area contributed by atoms with Gasteiger partial charge in [-0.15, -0.1) is 0 Å². The van der Waals surface area contributed by atoms with Gasteiger partial charge in [0.2, 0.25) is 0 Å². The molecular formula is C23H18. The largest absolute Gasteiger partial charge is 0.0751 e. The Morgan fingerprint density at radius 3 is 2.48 bits per heavy atom. The average molecular weight is 294 g/mol. The Balaban J connectivity index is 1.75. The molecule has 0 saturated heterocycles. The molecule has 2 aliphatic carbocycles. The first-order chi connectivity index (χ1) is 11.3. The van der Waals surface area contributed by atoms with E-state index in [2.05, 4.69) is 79.7 Å². The van der Waals surface area contributed by atoms with Crippen LogP contribution in [0.1, 0.15) is 40.2 Å². The quantitative estimate of drug-likeness (QED) is 0.521. The van der Waals surface area contributed by atoms with E-state index in [1.54, 1.807) is 0 Å². The van der Waals surface area contributed by atoms with E-state index < -0.39 is 0 Å². The highest BCUT2D eigenvalue weighted by Gasteiger charge is 2.33. The van der Waals surface area contributed by atoms with Crippen LogP contribution in [0.15, 0.2) is 72.8 Å². The summed E-state index contributed by atoms with van der Waals surface area (Å²) in [6.45, 7) is 2.17. The van der Waals surface area contributed by atoms with Crippen molar-refractivity contribution in [2.75, 3.05) is 0 Å². The highest BCUT2D eigenvalue weighted by atomic mass is 14.4. The Bertz CT molecular complexity index is 959. The molecule has 23 heavy (non-hydrogen) atoms. The number of benzene rings is 3. The summed E-state index contributed by atoms with van der Waals surface area (Å²) in [5.74, 6) is 0.533. The van der Waals surface area contributed by atoms with Crippen LogP contribution in [0.2, 0.25) is 0 Å². The standard InChI is InChI=1S/C23H18/c1-15-6-4-7-16(14-15)17-12-13-22-19-9-3-2-8-18(19)21-11-5-10-20(17)23(21)22/h2-12,14,22H,13H2,1H3. The third-order valence-electron chi connectivity index (χ3n) is 5.26. The van der Waals surface area contributed by atoms with Crippen LogP contribution >= 0.6 is 0 Å². The second-order valence-corrected chi connectivity index (χ2v) is 6.63. The molecule has 0 spiro atoms. The van der Waals surface area contributed by atoms with Gasteiger partial charge in [-0.2, -0.15) is 0 Å². The van der Waals surface area contributed by atoms with Gasteiger partial charge in [0.25, 0.3) is 0 Å². The molecule has 110 valence electrons. The number of hydrogen-bond acceptors (Lipinski definition) is 0. The molecule has 0 aliphatic heterocycles. The van der Waals surface area contributed by atoms with Gasteiger partial charge < -0.3 is 0 Å². The van der Waals surface area contributed by atoms with Gasteiger partial charge in [0, 0.05) is 5.92 Å². The third-order valence-corrected chi connectivity index (χ3v) is 5.26. The van der Waals surface area contributed by atoms with E-state index in [1.807, 2.05) is 0 Å². The van der Waals surface area contributed by atoms with Crippen molar-refractivity contribution >= 4 is 5.57 Å². The smallest absolute Gasteiger partial charge is 0.0143 e. The van der Waals surface area contributed by atoms with Crippen LogP contribution in [0.25, 0.3) is 16.7 Å². The van der Waals surface area contributed by atoms with Gasteiger partial charge in [-0.3, -0.25) is 0 Å². The van der Waals surface area contributed by atoms with Gasteiger partial charge in [-0.05, 0) is 52.3 Å². The minimum Gasteiger partial charge on any atom is -0.0751 e. The lowest BCUT2D eigenvalue weighted by molar-refractivity contribution is 0.840. The molecule has 5 rings (SSSR count). The zero-order valence-corrected chi connectivity index (χ0v) is 13.2. The monoisotopic (exact) mass is 294 g/mol. The van der Waals surface area contributed by atoms with Crippen molar-refractivity contribution < 1.29 is 0 Å². The van der Waals surface area contributed by atoms with Crippen LogP contribution in [0.5, 0.6) is 0 Å². The fourth-order valence-corrected chi connectivity index (χ4v) is 4.29. The highest BCUT2D eigenvalue weighted by Crippen LogP contribution is 2.52. The fraction of sp³-hybridized carbons (Fsp3) is 0.130. The van der Waals surface area contributed by atoms with Crippen LogP contribution in [0.4, 0.5) is 0 Å². The van der Waals surface area contributed by atoms with E-state index in [9.17, 15) is 0 Å². The lowest BCUT2D eigenvalue weighted by Gasteiger charge is -2.23. The summed E-state index contributed by atoms with van der Waals surface area (Å²) in [6.07, 6.45) is 3.54. The Morgan fingerprint density at radius 2 is 1.57 bits per heavy atom. The van der Waals surface area contributed by atoms with Gasteiger partial charge in [0.15, 0.2) is 0 Å². The van der Waals surface area contributed by atoms with Crippen LogP contribution in [-0.2, 0) is 0 Å². The maximum absolute atomic E-state index is 2.44. The molecule has 0 saturated carbocycles. The number of hydrogen-bond donors (Lipinski definition) is 0. The molecule has 1 atom stereocenters. The van der Waals surface area contributed by atoms with Crippen LogP contribution in [0.3, 0.4) is 0 Å². The molecule has 0 fully saturated rings. The lowest BCUT2D eigenvalue weighted by Crippen LogP contribution is -2.06. The van der Waals surface area contributed by atoms with E-state index in [4.69, 9.17) is 0 Å². The minimum atomic E-state index is 0.533. The van der Waals surface area contributed by atoms with Crippen molar-refractivity contribution in [3.05, 3.63) is 101 Å². The summed E-state index contributed by atoms with van der Waals surface area (Å²) in [5, 5.41) is 0. The normalized spacial score (nSPS) is 17.4. The molecule has 0 aromatic heterocycles. The molecule has 0 N–H and O–H groups in total. The van der Waals surface area contributed by atoms with Crippen molar-refractivity contribution in [2.45, 2.75) is 19.3 Å². The van der Waals surface area contributed by atoms with E-state index in [-0.39, 0.29) is 0 Å².